The van der Waals surface area contributed by atoms with Gasteiger partial charge in [-0.25, -0.2) is 4.79 Å². The van der Waals surface area contributed by atoms with Gasteiger partial charge in [-0.1, -0.05) is 13.8 Å². The molecular formula is C17H22O4. The molecule has 2 heterocycles. The first-order valence-electron chi connectivity index (χ1n) is 7.63. The normalized spacial score (nSPS) is 29.0. The molecule has 4 nitrogen and oxygen atoms in total. The SMILES string of the molecule is Cc1cc2c(c(=O)o1)C=C1[C@H](C)C[C@H](C(C)CO)C[C@@H]1O2. The van der Waals surface area contributed by atoms with Crippen LogP contribution in [0.1, 0.15) is 38.0 Å². The quantitative estimate of drug-likeness (QED) is 0.910. The summed E-state index contributed by atoms with van der Waals surface area (Å²) in [5, 5.41) is 9.39. The highest BCUT2D eigenvalue weighted by atomic mass is 16.5. The van der Waals surface area contributed by atoms with Crippen LogP contribution in [-0.4, -0.2) is 17.8 Å². The van der Waals surface area contributed by atoms with Crippen LogP contribution in [0.4, 0.5) is 0 Å². The van der Waals surface area contributed by atoms with Crippen LogP contribution in [-0.2, 0) is 0 Å². The van der Waals surface area contributed by atoms with Crippen molar-refractivity contribution in [2.75, 3.05) is 6.61 Å². The number of hydrogen-bond acceptors (Lipinski definition) is 4. The molecule has 2 aliphatic rings. The Labute approximate surface area is 124 Å². The average Bonchev–Trinajstić information content (AvgIpc) is 2.44. The highest BCUT2D eigenvalue weighted by Crippen LogP contribution is 2.42. The van der Waals surface area contributed by atoms with E-state index in [1.54, 1.807) is 13.0 Å². The predicted molar refractivity (Wildman–Crippen MR) is 80.2 cm³/mol. The molecule has 0 radical (unpaired) electrons. The van der Waals surface area contributed by atoms with Gasteiger partial charge in [0.25, 0.3) is 0 Å². The highest BCUT2D eigenvalue weighted by molar-refractivity contribution is 5.62. The van der Waals surface area contributed by atoms with E-state index in [4.69, 9.17) is 9.15 Å². The zero-order valence-corrected chi connectivity index (χ0v) is 12.8. The van der Waals surface area contributed by atoms with Crippen molar-refractivity contribution in [1.82, 2.24) is 0 Å². The van der Waals surface area contributed by atoms with Crippen molar-refractivity contribution < 1.29 is 14.3 Å². The Morgan fingerprint density at radius 3 is 2.90 bits per heavy atom. The first-order chi connectivity index (χ1) is 9.99. The Morgan fingerprint density at radius 1 is 1.43 bits per heavy atom. The largest absolute Gasteiger partial charge is 0.485 e. The van der Waals surface area contributed by atoms with Crippen molar-refractivity contribution in [1.29, 1.82) is 0 Å². The van der Waals surface area contributed by atoms with Crippen molar-refractivity contribution in [2.24, 2.45) is 17.8 Å². The first kappa shape index (κ1) is 14.4. The molecule has 3 rings (SSSR count). The fourth-order valence-electron chi connectivity index (χ4n) is 3.52. The van der Waals surface area contributed by atoms with Crippen LogP contribution < -0.4 is 10.4 Å². The maximum absolute atomic E-state index is 12.0. The molecule has 1 aromatic heterocycles. The molecule has 1 unspecified atom stereocenters. The third-order valence-electron chi connectivity index (χ3n) is 4.86. The van der Waals surface area contributed by atoms with Gasteiger partial charge in [-0.3, -0.25) is 0 Å². The number of rotatable bonds is 2. The molecule has 4 atom stereocenters. The molecule has 1 N–H and O–H groups in total. The van der Waals surface area contributed by atoms with Gasteiger partial charge in [0.15, 0.2) is 0 Å². The summed E-state index contributed by atoms with van der Waals surface area (Å²) in [7, 11) is 0. The molecule has 0 aromatic carbocycles. The van der Waals surface area contributed by atoms with E-state index in [9.17, 15) is 9.90 Å². The molecule has 1 saturated carbocycles. The minimum atomic E-state index is -0.325. The van der Waals surface area contributed by atoms with Gasteiger partial charge in [0, 0.05) is 12.7 Å². The molecule has 1 aliphatic heterocycles. The Hall–Kier alpha value is -1.55. The third-order valence-corrected chi connectivity index (χ3v) is 4.86. The van der Waals surface area contributed by atoms with Gasteiger partial charge in [-0.05, 0) is 49.2 Å². The average molecular weight is 290 g/mol. The van der Waals surface area contributed by atoms with Gasteiger partial charge in [-0.2, -0.15) is 0 Å². The highest BCUT2D eigenvalue weighted by Gasteiger charge is 2.37. The minimum absolute atomic E-state index is 0.0152. The van der Waals surface area contributed by atoms with Gasteiger partial charge in [0.1, 0.15) is 23.2 Å². The zero-order chi connectivity index (χ0) is 15.1. The third kappa shape index (κ3) is 2.53. The molecule has 0 spiro atoms. The lowest BCUT2D eigenvalue weighted by Gasteiger charge is -2.40. The van der Waals surface area contributed by atoms with Crippen LogP contribution in [0.2, 0.25) is 0 Å². The molecular weight excluding hydrogens is 268 g/mol. The second kappa shape index (κ2) is 5.34. The molecule has 21 heavy (non-hydrogen) atoms. The fraction of sp³-hybridized carbons (Fsp3) is 0.588. The summed E-state index contributed by atoms with van der Waals surface area (Å²) in [4.78, 5) is 12.0. The summed E-state index contributed by atoms with van der Waals surface area (Å²) in [6.45, 7) is 6.22. The minimum Gasteiger partial charge on any atom is -0.485 e. The molecule has 1 aromatic rings. The van der Waals surface area contributed by atoms with Crippen LogP contribution >= 0.6 is 0 Å². The number of fused-ring (bicyclic) bond motifs is 2. The van der Waals surface area contributed by atoms with E-state index >= 15 is 0 Å². The molecule has 1 aliphatic carbocycles. The van der Waals surface area contributed by atoms with Crippen LogP contribution in [0.25, 0.3) is 6.08 Å². The Balaban J connectivity index is 1.96. The summed E-state index contributed by atoms with van der Waals surface area (Å²) >= 11 is 0. The molecule has 114 valence electrons. The predicted octanol–water partition coefficient (Wildman–Crippen LogP) is 2.77. The smallest absolute Gasteiger partial charge is 0.346 e. The topological polar surface area (TPSA) is 59.7 Å². The number of aliphatic hydroxyl groups is 1. The van der Waals surface area contributed by atoms with Crippen molar-refractivity contribution in [3.63, 3.8) is 0 Å². The number of ether oxygens (including phenoxy) is 1. The Bertz CT molecular complexity index is 628. The molecule has 0 amide bonds. The van der Waals surface area contributed by atoms with Crippen molar-refractivity contribution >= 4 is 6.08 Å². The van der Waals surface area contributed by atoms with Crippen LogP contribution in [0.3, 0.4) is 0 Å². The monoisotopic (exact) mass is 290 g/mol. The van der Waals surface area contributed by atoms with E-state index in [2.05, 4.69) is 13.8 Å². The standard InChI is InChI=1S/C17H22O4/c1-9-4-12(10(2)8-18)6-16-13(9)7-14-15(21-16)5-11(3)20-17(14)19/h5,7,9-10,12,16,18H,4,6,8H2,1-3H3/t9-,10?,12+,16+/m1/s1. The maximum Gasteiger partial charge on any atom is 0.346 e. The van der Waals surface area contributed by atoms with Gasteiger partial charge >= 0.3 is 5.63 Å². The summed E-state index contributed by atoms with van der Waals surface area (Å²) < 4.78 is 11.2. The number of hydrogen-bond donors (Lipinski definition) is 1. The first-order valence-corrected chi connectivity index (χ1v) is 7.63. The molecule has 4 heteroatoms. The summed E-state index contributed by atoms with van der Waals surface area (Å²) in [5.41, 5.74) is 1.39. The van der Waals surface area contributed by atoms with Crippen LogP contribution in [0.5, 0.6) is 5.75 Å². The van der Waals surface area contributed by atoms with E-state index in [0.717, 1.165) is 12.8 Å². The van der Waals surface area contributed by atoms with Gasteiger partial charge in [-0.15, -0.1) is 0 Å². The molecule has 0 bridgehead atoms. The van der Waals surface area contributed by atoms with Crippen molar-refractivity contribution in [3.05, 3.63) is 33.4 Å². The van der Waals surface area contributed by atoms with Crippen molar-refractivity contribution in [2.45, 2.75) is 39.7 Å². The fourth-order valence-corrected chi connectivity index (χ4v) is 3.52. The van der Waals surface area contributed by atoms with E-state index < -0.39 is 0 Å². The van der Waals surface area contributed by atoms with Gasteiger partial charge in [0.2, 0.25) is 0 Å². The molecule has 1 fully saturated rings. The molecule has 0 saturated heterocycles. The Morgan fingerprint density at radius 2 is 2.19 bits per heavy atom. The van der Waals surface area contributed by atoms with Crippen molar-refractivity contribution in [3.8, 4) is 5.75 Å². The van der Waals surface area contributed by atoms with Gasteiger partial charge < -0.3 is 14.3 Å². The summed E-state index contributed by atoms with van der Waals surface area (Å²) in [6.07, 6.45) is 3.90. The Kier molecular flexibility index (Phi) is 3.66. The second-order valence-electron chi connectivity index (χ2n) is 6.47. The maximum atomic E-state index is 12.0. The number of aliphatic hydroxyl groups excluding tert-OH is 1. The van der Waals surface area contributed by atoms with Gasteiger partial charge in [0.05, 0.1) is 0 Å². The second-order valence-corrected chi connectivity index (χ2v) is 6.47. The van der Waals surface area contributed by atoms with E-state index in [1.165, 1.54) is 5.57 Å². The number of aryl methyl sites for hydroxylation is 1. The van der Waals surface area contributed by atoms with E-state index in [-0.39, 0.29) is 24.3 Å². The zero-order valence-electron chi connectivity index (χ0n) is 12.8. The van der Waals surface area contributed by atoms with E-state index in [1.807, 2.05) is 6.08 Å². The van der Waals surface area contributed by atoms with Crippen LogP contribution in [0.15, 0.2) is 20.9 Å². The lowest BCUT2D eigenvalue weighted by molar-refractivity contribution is 0.0952. The van der Waals surface area contributed by atoms with Crippen LogP contribution in [0, 0.1) is 24.7 Å². The summed E-state index contributed by atoms with van der Waals surface area (Å²) in [6, 6.07) is 1.79. The lowest BCUT2D eigenvalue weighted by atomic mass is 9.71. The lowest BCUT2D eigenvalue weighted by Crippen LogP contribution is -2.37. The summed E-state index contributed by atoms with van der Waals surface area (Å²) in [5.74, 6) is 2.29. The van der Waals surface area contributed by atoms with E-state index in [0.29, 0.717) is 28.9 Å².